The summed E-state index contributed by atoms with van der Waals surface area (Å²) in [6.45, 7) is 1.33. The Morgan fingerprint density at radius 1 is 1.03 bits per heavy atom. The van der Waals surface area contributed by atoms with E-state index in [-0.39, 0.29) is 18.5 Å². The van der Waals surface area contributed by atoms with Crippen LogP contribution in [0, 0.1) is 0 Å². The van der Waals surface area contributed by atoms with Gasteiger partial charge in [0.1, 0.15) is 5.75 Å². The first-order valence-corrected chi connectivity index (χ1v) is 13.3. The highest BCUT2D eigenvalue weighted by molar-refractivity contribution is 7.99. The third-order valence-corrected chi connectivity index (χ3v) is 7.09. The molecule has 0 radical (unpaired) electrons. The normalized spacial score (nSPS) is 12.9. The van der Waals surface area contributed by atoms with Crippen LogP contribution in [0.1, 0.15) is 21.7 Å². The zero-order valence-corrected chi connectivity index (χ0v) is 21.8. The second-order valence-electron chi connectivity index (χ2n) is 8.64. The van der Waals surface area contributed by atoms with Crippen LogP contribution in [0.3, 0.4) is 0 Å². The minimum absolute atomic E-state index is 0.161. The number of amides is 3. The molecule has 0 saturated carbocycles. The minimum Gasteiger partial charge on any atom is -0.497 e. The van der Waals surface area contributed by atoms with E-state index >= 15 is 0 Å². The molecule has 0 atom stereocenters. The number of hydrogen-bond donors (Lipinski definition) is 2. The standard InChI is InChI=1S/C28H28N6O3S/c1-37-24-12-6-11-23(18-24)34-25(31-32-28(34)38-16-13-20-7-3-2-4-8-20)19-30-26(35)21-9-5-10-22(17-21)33-15-14-29-27(33)36/h2-12,17-18H,13-16,19H2,1H3,(H,29,36)(H,30,35). The predicted octanol–water partition coefficient (Wildman–Crippen LogP) is 4.07. The average molecular weight is 529 g/mol. The molecule has 5 rings (SSSR count). The zero-order chi connectivity index (χ0) is 26.3. The summed E-state index contributed by atoms with van der Waals surface area (Å²) in [5, 5.41) is 15.3. The molecule has 4 aromatic rings. The highest BCUT2D eigenvalue weighted by atomic mass is 32.2. The number of benzene rings is 3. The van der Waals surface area contributed by atoms with Gasteiger partial charge in [0.05, 0.1) is 19.3 Å². The fourth-order valence-electron chi connectivity index (χ4n) is 4.22. The van der Waals surface area contributed by atoms with Crippen LogP contribution >= 0.6 is 11.8 Å². The largest absolute Gasteiger partial charge is 0.497 e. The Hall–Kier alpha value is -4.31. The molecule has 0 aliphatic carbocycles. The van der Waals surface area contributed by atoms with Gasteiger partial charge in [0.25, 0.3) is 5.91 Å². The lowest BCUT2D eigenvalue weighted by Crippen LogP contribution is -2.28. The number of anilines is 1. The van der Waals surface area contributed by atoms with Crippen LogP contribution in [0.4, 0.5) is 10.5 Å². The number of hydrogen-bond acceptors (Lipinski definition) is 6. The van der Waals surface area contributed by atoms with E-state index in [0.29, 0.717) is 35.9 Å². The highest BCUT2D eigenvalue weighted by Crippen LogP contribution is 2.25. The lowest BCUT2D eigenvalue weighted by atomic mass is 10.1. The van der Waals surface area contributed by atoms with Gasteiger partial charge < -0.3 is 15.4 Å². The molecule has 1 aromatic heterocycles. The van der Waals surface area contributed by atoms with Crippen LogP contribution < -0.4 is 20.3 Å². The number of nitrogens with one attached hydrogen (secondary N) is 2. The summed E-state index contributed by atoms with van der Waals surface area (Å²) < 4.78 is 7.37. The Balaban J connectivity index is 1.33. The quantitative estimate of drug-likeness (QED) is 0.301. The van der Waals surface area contributed by atoms with Crippen molar-refractivity contribution in [3.63, 3.8) is 0 Å². The van der Waals surface area contributed by atoms with Gasteiger partial charge >= 0.3 is 6.03 Å². The lowest BCUT2D eigenvalue weighted by Gasteiger charge is -2.15. The van der Waals surface area contributed by atoms with Crippen LogP contribution in [0.15, 0.2) is 84.0 Å². The zero-order valence-electron chi connectivity index (χ0n) is 21.0. The molecule has 1 aliphatic heterocycles. The van der Waals surface area contributed by atoms with Gasteiger partial charge in [-0.3, -0.25) is 14.3 Å². The predicted molar refractivity (Wildman–Crippen MR) is 147 cm³/mol. The van der Waals surface area contributed by atoms with E-state index in [4.69, 9.17) is 4.74 Å². The van der Waals surface area contributed by atoms with Crippen molar-refractivity contribution in [2.24, 2.45) is 0 Å². The van der Waals surface area contributed by atoms with Gasteiger partial charge in [-0.15, -0.1) is 10.2 Å². The summed E-state index contributed by atoms with van der Waals surface area (Å²) in [5.74, 6) is 1.89. The van der Waals surface area contributed by atoms with Crippen molar-refractivity contribution < 1.29 is 14.3 Å². The monoisotopic (exact) mass is 528 g/mol. The average Bonchev–Trinajstić information content (AvgIpc) is 3.58. The molecule has 3 amide bonds. The Morgan fingerprint density at radius 3 is 2.63 bits per heavy atom. The molecule has 1 saturated heterocycles. The van der Waals surface area contributed by atoms with Crippen LogP contribution in [0.2, 0.25) is 0 Å². The van der Waals surface area contributed by atoms with Crippen molar-refractivity contribution in [1.82, 2.24) is 25.4 Å². The van der Waals surface area contributed by atoms with E-state index in [9.17, 15) is 9.59 Å². The number of nitrogens with zero attached hydrogens (tertiary/aromatic N) is 4. The third kappa shape index (κ3) is 5.81. The molecule has 1 fully saturated rings. The van der Waals surface area contributed by atoms with Crippen LogP contribution in [-0.4, -0.2) is 52.7 Å². The first-order valence-electron chi connectivity index (χ1n) is 12.3. The van der Waals surface area contributed by atoms with Crippen molar-refractivity contribution in [3.05, 3.63) is 95.8 Å². The van der Waals surface area contributed by atoms with E-state index in [0.717, 1.165) is 23.0 Å². The lowest BCUT2D eigenvalue weighted by molar-refractivity contribution is 0.0949. The molecule has 3 aromatic carbocycles. The van der Waals surface area contributed by atoms with Gasteiger partial charge in [-0.05, 0) is 42.3 Å². The number of carbonyl (C=O) groups excluding carboxylic acids is 2. The molecule has 38 heavy (non-hydrogen) atoms. The molecule has 2 heterocycles. The number of aryl methyl sites for hydroxylation is 1. The van der Waals surface area contributed by atoms with Crippen LogP contribution in [0.25, 0.3) is 5.69 Å². The summed E-state index contributed by atoms with van der Waals surface area (Å²) in [6.07, 6.45) is 0.897. The molecule has 0 unspecified atom stereocenters. The van der Waals surface area contributed by atoms with E-state index in [1.807, 2.05) is 53.1 Å². The van der Waals surface area contributed by atoms with Gasteiger partial charge in [-0.2, -0.15) is 0 Å². The maximum Gasteiger partial charge on any atom is 0.321 e. The molecule has 194 valence electrons. The van der Waals surface area contributed by atoms with E-state index in [2.05, 4.69) is 33.0 Å². The molecular weight excluding hydrogens is 500 g/mol. The maximum absolute atomic E-state index is 13.0. The molecule has 0 bridgehead atoms. The van der Waals surface area contributed by atoms with Crippen molar-refractivity contribution in [1.29, 1.82) is 0 Å². The topological polar surface area (TPSA) is 101 Å². The molecule has 0 spiro atoms. The van der Waals surface area contributed by atoms with Crippen LogP contribution in [-0.2, 0) is 13.0 Å². The fraction of sp³-hybridized carbons (Fsp3) is 0.214. The molecule has 10 heteroatoms. The van der Waals surface area contributed by atoms with Crippen LogP contribution in [0.5, 0.6) is 5.75 Å². The maximum atomic E-state index is 13.0. The SMILES string of the molecule is COc1cccc(-n2c(CNC(=O)c3cccc(N4CCNC4=O)c3)nnc2SCCc2ccccc2)c1. The van der Waals surface area contributed by atoms with Crippen molar-refractivity contribution in [3.8, 4) is 11.4 Å². The number of aromatic nitrogens is 3. The highest BCUT2D eigenvalue weighted by Gasteiger charge is 2.22. The number of urea groups is 1. The number of ether oxygens (including phenoxy) is 1. The summed E-state index contributed by atoms with van der Waals surface area (Å²) >= 11 is 1.61. The van der Waals surface area contributed by atoms with E-state index in [1.165, 1.54) is 5.56 Å². The van der Waals surface area contributed by atoms with Crippen molar-refractivity contribution in [2.45, 2.75) is 18.1 Å². The van der Waals surface area contributed by atoms with Gasteiger partial charge in [0, 0.05) is 36.2 Å². The Morgan fingerprint density at radius 2 is 1.84 bits per heavy atom. The smallest absolute Gasteiger partial charge is 0.321 e. The number of carbonyl (C=O) groups is 2. The number of methoxy groups -OCH3 is 1. The second-order valence-corrected chi connectivity index (χ2v) is 9.70. The first-order chi connectivity index (χ1) is 18.6. The molecular formula is C28H28N6O3S. The van der Waals surface area contributed by atoms with E-state index in [1.54, 1.807) is 42.0 Å². The Labute approximate surface area is 225 Å². The molecule has 9 nitrogen and oxygen atoms in total. The molecule has 1 aliphatic rings. The fourth-order valence-corrected chi connectivity index (χ4v) is 5.18. The van der Waals surface area contributed by atoms with E-state index < -0.39 is 0 Å². The summed E-state index contributed by atoms with van der Waals surface area (Å²) in [4.78, 5) is 26.7. The number of thioether (sulfide) groups is 1. The third-order valence-electron chi connectivity index (χ3n) is 6.16. The minimum atomic E-state index is -0.259. The second kappa shape index (κ2) is 11.8. The van der Waals surface area contributed by atoms with Crippen molar-refractivity contribution >= 4 is 29.4 Å². The summed E-state index contributed by atoms with van der Waals surface area (Å²) in [7, 11) is 1.63. The molecule has 2 N–H and O–H groups in total. The first kappa shape index (κ1) is 25.3. The number of rotatable bonds is 10. The Kier molecular flexibility index (Phi) is 7.89. The summed E-state index contributed by atoms with van der Waals surface area (Å²) in [5.41, 5.74) is 3.26. The van der Waals surface area contributed by atoms with Gasteiger partial charge in [-0.1, -0.05) is 54.2 Å². The summed E-state index contributed by atoms with van der Waals surface area (Å²) in [6, 6.07) is 24.9. The Bertz CT molecular complexity index is 1430. The van der Waals surface area contributed by atoms with Gasteiger partial charge in [-0.25, -0.2) is 4.79 Å². The van der Waals surface area contributed by atoms with Gasteiger partial charge in [0.2, 0.25) is 0 Å². The van der Waals surface area contributed by atoms with Crippen molar-refractivity contribution in [2.75, 3.05) is 30.9 Å². The van der Waals surface area contributed by atoms with Gasteiger partial charge in [0.15, 0.2) is 11.0 Å².